The predicted octanol–water partition coefficient (Wildman–Crippen LogP) is 3.74. The molecule has 110 valence electrons. The van der Waals surface area contributed by atoms with Crippen LogP contribution in [0.3, 0.4) is 0 Å². The minimum absolute atomic E-state index is 0.0977. The smallest absolute Gasteiger partial charge is 0.341 e. The van der Waals surface area contributed by atoms with E-state index in [4.69, 9.17) is 4.74 Å². The lowest BCUT2D eigenvalue weighted by Crippen LogP contribution is -2.31. The number of ether oxygens (including phenoxy) is 1. The molecule has 0 radical (unpaired) electrons. The van der Waals surface area contributed by atoms with Crippen molar-refractivity contribution in [2.75, 3.05) is 0 Å². The number of nitrogens with zero attached hydrogens (tertiary/aromatic N) is 1. The van der Waals surface area contributed by atoms with Crippen LogP contribution in [0.1, 0.15) is 60.6 Å². The van der Waals surface area contributed by atoms with Gasteiger partial charge >= 0.3 is 5.97 Å². The molecule has 1 aliphatic rings. The number of carboxylic acids is 1. The van der Waals surface area contributed by atoms with E-state index in [1.54, 1.807) is 13.0 Å². The van der Waals surface area contributed by atoms with Gasteiger partial charge in [0.1, 0.15) is 11.7 Å². The highest BCUT2D eigenvalue weighted by Crippen LogP contribution is 2.31. The van der Waals surface area contributed by atoms with Gasteiger partial charge in [-0.15, -0.1) is 0 Å². The van der Waals surface area contributed by atoms with E-state index in [1.807, 2.05) is 6.92 Å². The Bertz CT molecular complexity index is 499. The highest BCUT2D eigenvalue weighted by molar-refractivity contribution is 5.91. The van der Waals surface area contributed by atoms with E-state index in [1.165, 1.54) is 6.42 Å². The SMILES string of the molecule is CCC1CCCCC1Oc1nc(C)cc(C)c1C(=O)O. The lowest BCUT2D eigenvalue weighted by molar-refractivity contribution is 0.0653. The molecule has 1 aromatic rings. The molecule has 20 heavy (non-hydrogen) atoms. The third-order valence-electron chi connectivity index (χ3n) is 4.15. The largest absolute Gasteiger partial charge is 0.477 e. The van der Waals surface area contributed by atoms with Gasteiger partial charge in [0.25, 0.3) is 0 Å². The molecule has 0 aliphatic heterocycles. The molecule has 2 unspecified atom stereocenters. The lowest BCUT2D eigenvalue weighted by atomic mass is 9.85. The van der Waals surface area contributed by atoms with Crippen molar-refractivity contribution in [1.82, 2.24) is 4.98 Å². The zero-order valence-corrected chi connectivity index (χ0v) is 12.5. The van der Waals surface area contributed by atoms with Crippen LogP contribution in [0, 0.1) is 19.8 Å². The van der Waals surface area contributed by atoms with Gasteiger partial charge in [-0.05, 0) is 57.1 Å². The van der Waals surface area contributed by atoms with E-state index in [2.05, 4.69) is 11.9 Å². The Labute approximate surface area is 120 Å². The van der Waals surface area contributed by atoms with E-state index in [0.717, 1.165) is 31.4 Å². The summed E-state index contributed by atoms with van der Waals surface area (Å²) in [5, 5.41) is 9.37. The van der Waals surface area contributed by atoms with E-state index in [9.17, 15) is 9.90 Å². The van der Waals surface area contributed by atoms with Gasteiger partial charge in [-0.25, -0.2) is 9.78 Å². The fourth-order valence-electron chi connectivity index (χ4n) is 3.09. The Morgan fingerprint density at radius 3 is 2.75 bits per heavy atom. The van der Waals surface area contributed by atoms with Gasteiger partial charge in [0.05, 0.1) is 0 Å². The molecule has 1 saturated carbocycles. The van der Waals surface area contributed by atoms with Crippen LogP contribution in [0.5, 0.6) is 5.88 Å². The number of hydrogen-bond acceptors (Lipinski definition) is 3. The Morgan fingerprint density at radius 1 is 1.40 bits per heavy atom. The fraction of sp³-hybridized carbons (Fsp3) is 0.625. The second kappa shape index (κ2) is 6.25. The van der Waals surface area contributed by atoms with Gasteiger partial charge in [0, 0.05) is 5.69 Å². The zero-order valence-electron chi connectivity index (χ0n) is 12.5. The first kappa shape index (κ1) is 14.8. The monoisotopic (exact) mass is 277 g/mol. The summed E-state index contributed by atoms with van der Waals surface area (Å²) in [5.74, 6) is -0.165. The second-order valence-electron chi connectivity index (χ2n) is 5.67. The standard InChI is InChI=1S/C16H23NO3/c1-4-12-7-5-6-8-13(12)20-15-14(16(18)19)10(2)9-11(3)17-15/h9,12-13H,4-8H2,1-3H3,(H,18,19). The summed E-state index contributed by atoms with van der Waals surface area (Å²) in [4.78, 5) is 15.7. The molecule has 0 saturated heterocycles. The average Bonchev–Trinajstić information content (AvgIpc) is 2.38. The Hall–Kier alpha value is -1.58. The predicted molar refractivity (Wildman–Crippen MR) is 77.3 cm³/mol. The van der Waals surface area contributed by atoms with Crippen molar-refractivity contribution >= 4 is 5.97 Å². The molecule has 0 bridgehead atoms. The number of aromatic carboxylic acids is 1. The number of carboxylic acid groups (broad SMARTS) is 1. The molecular weight excluding hydrogens is 254 g/mol. The number of aromatic nitrogens is 1. The van der Waals surface area contributed by atoms with Gasteiger partial charge in [0.2, 0.25) is 5.88 Å². The van der Waals surface area contributed by atoms with E-state index in [0.29, 0.717) is 17.4 Å². The van der Waals surface area contributed by atoms with Crippen molar-refractivity contribution in [1.29, 1.82) is 0 Å². The van der Waals surface area contributed by atoms with Crippen molar-refractivity contribution in [2.45, 2.75) is 59.0 Å². The maximum absolute atomic E-state index is 11.4. The van der Waals surface area contributed by atoms with Crippen LogP contribution in [0.4, 0.5) is 0 Å². The van der Waals surface area contributed by atoms with Crippen LogP contribution >= 0.6 is 0 Å². The summed E-state index contributed by atoms with van der Waals surface area (Å²) >= 11 is 0. The highest BCUT2D eigenvalue weighted by Gasteiger charge is 2.28. The summed E-state index contributed by atoms with van der Waals surface area (Å²) in [6, 6.07) is 1.79. The molecule has 0 amide bonds. The number of rotatable bonds is 4. The van der Waals surface area contributed by atoms with Crippen molar-refractivity contribution in [3.8, 4) is 5.88 Å². The molecule has 1 N–H and O–H groups in total. The third-order valence-corrected chi connectivity index (χ3v) is 4.15. The minimum atomic E-state index is -0.964. The average molecular weight is 277 g/mol. The van der Waals surface area contributed by atoms with Gasteiger partial charge in [-0.2, -0.15) is 0 Å². The van der Waals surface area contributed by atoms with E-state index >= 15 is 0 Å². The second-order valence-corrected chi connectivity index (χ2v) is 5.67. The first-order valence-corrected chi connectivity index (χ1v) is 7.41. The number of carbonyl (C=O) groups is 1. The molecular formula is C16H23NO3. The maximum Gasteiger partial charge on any atom is 0.341 e. The topological polar surface area (TPSA) is 59.4 Å². The van der Waals surface area contributed by atoms with Crippen LogP contribution < -0.4 is 4.74 Å². The first-order valence-electron chi connectivity index (χ1n) is 7.41. The van der Waals surface area contributed by atoms with E-state index in [-0.39, 0.29) is 11.7 Å². The fourth-order valence-corrected chi connectivity index (χ4v) is 3.09. The molecule has 1 aliphatic carbocycles. The maximum atomic E-state index is 11.4. The van der Waals surface area contributed by atoms with Gasteiger partial charge < -0.3 is 9.84 Å². The van der Waals surface area contributed by atoms with Gasteiger partial charge in [-0.3, -0.25) is 0 Å². The highest BCUT2D eigenvalue weighted by atomic mass is 16.5. The van der Waals surface area contributed by atoms with Crippen LogP contribution in [0.25, 0.3) is 0 Å². The van der Waals surface area contributed by atoms with Crippen LogP contribution in [-0.2, 0) is 0 Å². The molecule has 0 spiro atoms. The van der Waals surface area contributed by atoms with Crippen LogP contribution in [0.2, 0.25) is 0 Å². The van der Waals surface area contributed by atoms with Crippen molar-refractivity contribution in [3.05, 3.63) is 22.9 Å². The molecule has 1 heterocycles. The molecule has 2 atom stereocenters. The van der Waals surface area contributed by atoms with Crippen LogP contribution in [0.15, 0.2) is 6.07 Å². The molecule has 1 fully saturated rings. The van der Waals surface area contributed by atoms with Gasteiger partial charge in [0.15, 0.2) is 0 Å². The Morgan fingerprint density at radius 2 is 2.10 bits per heavy atom. The van der Waals surface area contributed by atoms with Crippen LogP contribution in [-0.4, -0.2) is 22.2 Å². The summed E-state index contributed by atoms with van der Waals surface area (Å²) in [6.07, 6.45) is 5.71. The molecule has 2 rings (SSSR count). The molecule has 4 nitrogen and oxygen atoms in total. The first-order chi connectivity index (χ1) is 9.52. The summed E-state index contributed by atoms with van der Waals surface area (Å²) in [7, 11) is 0. The molecule has 0 aromatic carbocycles. The van der Waals surface area contributed by atoms with Crippen molar-refractivity contribution < 1.29 is 14.6 Å². The number of pyridine rings is 1. The minimum Gasteiger partial charge on any atom is -0.477 e. The Kier molecular flexibility index (Phi) is 4.63. The quantitative estimate of drug-likeness (QED) is 0.910. The molecule has 1 aromatic heterocycles. The van der Waals surface area contributed by atoms with E-state index < -0.39 is 5.97 Å². The van der Waals surface area contributed by atoms with Crippen molar-refractivity contribution in [3.63, 3.8) is 0 Å². The molecule has 4 heteroatoms. The lowest BCUT2D eigenvalue weighted by Gasteiger charge is -2.31. The summed E-state index contributed by atoms with van der Waals surface area (Å²) < 4.78 is 6.02. The zero-order chi connectivity index (χ0) is 14.7. The Balaban J connectivity index is 2.30. The van der Waals surface area contributed by atoms with Crippen molar-refractivity contribution in [2.24, 2.45) is 5.92 Å². The number of hydrogen-bond donors (Lipinski definition) is 1. The van der Waals surface area contributed by atoms with Gasteiger partial charge in [-0.1, -0.05) is 13.3 Å². The number of aryl methyl sites for hydroxylation is 2. The normalized spacial score (nSPS) is 22.6. The summed E-state index contributed by atoms with van der Waals surface area (Å²) in [5.41, 5.74) is 1.71. The summed E-state index contributed by atoms with van der Waals surface area (Å²) in [6.45, 7) is 5.83. The third kappa shape index (κ3) is 3.11.